The highest BCUT2D eigenvalue weighted by Gasteiger charge is 2.31. The third-order valence-corrected chi connectivity index (χ3v) is 4.39. The molecule has 0 radical (unpaired) electrons. The molecule has 0 fully saturated rings. The summed E-state index contributed by atoms with van der Waals surface area (Å²) in [5.74, 6) is 0.853. The van der Waals surface area contributed by atoms with E-state index < -0.39 is 5.60 Å². The molecule has 2 nitrogen and oxygen atoms in total. The van der Waals surface area contributed by atoms with Crippen molar-refractivity contribution in [1.29, 1.82) is 0 Å². The van der Waals surface area contributed by atoms with Gasteiger partial charge in [0, 0.05) is 10.0 Å². The number of para-hydroxylation sites is 1. The molecule has 2 aromatic carbocycles. The van der Waals surface area contributed by atoms with Gasteiger partial charge in [-0.3, -0.25) is 0 Å². The predicted molar refractivity (Wildman–Crippen MR) is 83.1 cm³/mol. The van der Waals surface area contributed by atoms with Crippen molar-refractivity contribution in [2.24, 2.45) is 0 Å². The summed E-state index contributed by atoms with van der Waals surface area (Å²) >= 11 is 3.42. The van der Waals surface area contributed by atoms with Gasteiger partial charge in [0.15, 0.2) is 0 Å². The first kappa shape index (κ1) is 13.7. The monoisotopic (exact) mass is 332 g/mol. The van der Waals surface area contributed by atoms with Crippen LogP contribution in [0, 0.1) is 0 Å². The van der Waals surface area contributed by atoms with Gasteiger partial charge in [-0.05, 0) is 43.0 Å². The second-order valence-electron chi connectivity index (χ2n) is 5.32. The lowest BCUT2D eigenvalue weighted by atomic mass is 9.85. The SMILES string of the molecule is CC(O)(c1ccc(Br)cc1)c1cccc2c1OCCC2. The van der Waals surface area contributed by atoms with Gasteiger partial charge in [0.2, 0.25) is 0 Å². The maximum atomic E-state index is 11.0. The molecule has 1 aliphatic heterocycles. The van der Waals surface area contributed by atoms with E-state index in [2.05, 4.69) is 22.0 Å². The first-order chi connectivity index (χ1) is 9.59. The average molecular weight is 333 g/mol. The molecule has 0 amide bonds. The molecule has 1 N–H and O–H groups in total. The lowest BCUT2D eigenvalue weighted by molar-refractivity contribution is 0.0968. The summed E-state index contributed by atoms with van der Waals surface area (Å²) in [5.41, 5.74) is 1.84. The Balaban J connectivity index is 2.09. The molecule has 3 rings (SSSR count). The van der Waals surface area contributed by atoms with Crippen LogP contribution >= 0.6 is 15.9 Å². The Bertz CT molecular complexity index is 617. The number of ether oxygens (including phenoxy) is 1. The highest BCUT2D eigenvalue weighted by Crippen LogP contribution is 2.39. The molecule has 1 atom stereocenters. The first-order valence-corrected chi connectivity index (χ1v) is 7.62. The highest BCUT2D eigenvalue weighted by atomic mass is 79.9. The van der Waals surface area contributed by atoms with Crippen LogP contribution in [0.1, 0.15) is 30.0 Å². The van der Waals surface area contributed by atoms with Gasteiger partial charge in [0.1, 0.15) is 11.4 Å². The van der Waals surface area contributed by atoms with E-state index in [-0.39, 0.29) is 0 Å². The molecule has 0 spiro atoms. The summed E-state index contributed by atoms with van der Waals surface area (Å²) in [6, 6.07) is 13.8. The van der Waals surface area contributed by atoms with Gasteiger partial charge in [-0.25, -0.2) is 0 Å². The lowest BCUT2D eigenvalue weighted by Gasteiger charge is -2.29. The van der Waals surface area contributed by atoms with Crippen molar-refractivity contribution in [3.8, 4) is 5.75 Å². The largest absolute Gasteiger partial charge is 0.493 e. The van der Waals surface area contributed by atoms with Crippen molar-refractivity contribution in [2.75, 3.05) is 6.61 Å². The molecule has 2 aromatic rings. The van der Waals surface area contributed by atoms with Gasteiger partial charge in [-0.15, -0.1) is 0 Å². The van der Waals surface area contributed by atoms with Crippen LogP contribution in [0.5, 0.6) is 5.75 Å². The highest BCUT2D eigenvalue weighted by molar-refractivity contribution is 9.10. The fraction of sp³-hybridized carbons (Fsp3) is 0.294. The minimum atomic E-state index is -1.05. The lowest BCUT2D eigenvalue weighted by Crippen LogP contribution is -2.25. The number of benzene rings is 2. The van der Waals surface area contributed by atoms with Crippen LogP contribution in [0.25, 0.3) is 0 Å². The van der Waals surface area contributed by atoms with Crippen LogP contribution in [-0.2, 0) is 12.0 Å². The molecular formula is C17H17BrO2. The summed E-state index contributed by atoms with van der Waals surface area (Å²) in [7, 11) is 0. The molecular weight excluding hydrogens is 316 g/mol. The number of rotatable bonds is 2. The van der Waals surface area contributed by atoms with E-state index in [0.717, 1.165) is 40.8 Å². The Morgan fingerprint density at radius 2 is 1.90 bits per heavy atom. The third kappa shape index (κ3) is 2.36. The molecule has 3 heteroatoms. The molecule has 1 heterocycles. The topological polar surface area (TPSA) is 29.5 Å². The Morgan fingerprint density at radius 3 is 2.65 bits per heavy atom. The van der Waals surface area contributed by atoms with Crippen LogP contribution in [0.4, 0.5) is 0 Å². The van der Waals surface area contributed by atoms with Crippen molar-refractivity contribution in [3.05, 3.63) is 63.6 Å². The van der Waals surface area contributed by atoms with Crippen molar-refractivity contribution >= 4 is 15.9 Å². The van der Waals surface area contributed by atoms with Crippen molar-refractivity contribution in [3.63, 3.8) is 0 Å². The Kier molecular flexibility index (Phi) is 3.57. The second-order valence-corrected chi connectivity index (χ2v) is 6.24. The molecule has 20 heavy (non-hydrogen) atoms. The van der Waals surface area contributed by atoms with Gasteiger partial charge < -0.3 is 9.84 Å². The fourth-order valence-corrected chi connectivity index (χ4v) is 2.97. The quantitative estimate of drug-likeness (QED) is 0.899. The zero-order valence-corrected chi connectivity index (χ0v) is 13.0. The maximum Gasteiger partial charge on any atom is 0.128 e. The maximum absolute atomic E-state index is 11.0. The number of hydrogen-bond donors (Lipinski definition) is 1. The van der Waals surface area contributed by atoms with Crippen LogP contribution < -0.4 is 4.74 Å². The summed E-state index contributed by atoms with van der Waals surface area (Å²) in [6.45, 7) is 2.55. The fourth-order valence-electron chi connectivity index (χ4n) is 2.70. The summed E-state index contributed by atoms with van der Waals surface area (Å²) in [6.07, 6.45) is 2.05. The number of fused-ring (bicyclic) bond motifs is 1. The standard InChI is InChI=1S/C17H17BrO2/c1-17(19,13-7-9-14(18)10-8-13)15-6-2-4-12-5-3-11-20-16(12)15/h2,4,6-10,19H,3,5,11H2,1H3. The van der Waals surface area contributed by atoms with E-state index >= 15 is 0 Å². The second kappa shape index (κ2) is 5.23. The average Bonchev–Trinajstić information content (AvgIpc) is 2.47. The number of halogens is 1. The summed E-state index contributed by atoms with van der Waals surface area (Å²) < 4.78 is 6.82. The molecule has 1 unspecified atom stereocenters. The zero-order valence-electron chi connectivity index (χ0n) is 11.4. The normalized spacial score (nSPS) is 16.9. The summed E-state index contributed by atoms with van der Waals surface area (Å²) in [4.78, 5) is 0. The zero-order chi connectivity index (χ0) is 14.2. The number of aliphatic hydroxyl groups is 1. The third-order valence-electron chi connectivity index (χ3n) is 3.86. The molecule has 0 saturated carbocycles. The molecule has 0 aliphatic carbocycles. The molecule has 1 aliphatic rings. The van der Waals surface area contributed by atoms with E-state index in [1.807, 2.05) is 43.3 Å². The van der Waals surface area contributed by atoms with Crippen LogP contribution in [0.15, 0.2) is 46.9 Å². The van der Waals surface area contributed by atoms with Gasteiger partial charge in [-0.2, -0.15) is 0 Å². The van der Waals surface area contributed by atoms with Crippen LogP contribution in [0.2, 0.25) is 0 Å². The Morgan fingerprint density at radius 1 is 1.15 bits per heavy atom. The van der Waals surface area contributed by atoms with E-state index in [0.29, 0.717) is 0 Å². The molecule has 0 bridgehead atoms. The van der Waals surface area contributed by atoms with Crippen LogP contribution in [0.3, 0.4) is 0 Å². The minimum absolute atomic E-state index is 0.723. The predicted octanol–water partition coefficient (Wildman–Crippen LogP) is 4.03. The van der Waals surface area contributed by atoms with Crippen molar-refractivity contribution in [2.45, 2.75) is 25.4 Å². The van der Waals surface area contributed by atoms with E-state index in [9.17, 15) is 5.11 Å². The first-order valence-electron chi connectivity index (χ1n) is 6.82. The number of aryl methyl sites for hydroxylation is 1. The Labute approximate surface area is 127 Å². The summed E-state index contributed by atoms with van der Waals surface area (Å²) in [5, 5.41) is 11.0. The number of hydrogen-bond acceptors (Lipinski definition) is 2. The Hall–Kier alpha value is -1.32. The molecule has 104 valence electrons. The minimum Gasteiger partial charge on any atom is -0.493 e. The molecule has 0 aromatic heterocycles. The van der Waals surface area contributed by atoms with Gasteiger partial charge in [0.25, 0.3) is 0 Å². The van der Waals surface area contributed by atoms with Gasteiger partial charge >= 0.3 is 0 Å². The van der Waals surface area contributed by atoms with Gasteiger partial charge in [0.05, 0.1) is 6.61 Å². The van der Waals surface area contributed by atoms with Crippen molar-refractivity contribution < 1.29 is 9.84 Å². The van der Waals surface area contributed by atoms with E-state index in [4.69, 9.17) is 4.74 Å². The van der Waals surface area contributed by atoms with E-state index in [1.165, 1.54) is 5.56 Å². The van der Waals surface area contributed by atoms with Crippen LogP contribution in [-0.4, -0.2) is 11.7 Å². The van der Waals surface area contributed by atoms with E-state index in [1.54, 1.807) is 0 Å². The smallest absolute Gasteiger partial charge is 0.128 e. The molecule has 0 saturated heterocycles. The van der Waals surface area contributed by atoms with Gasteiger partial charge in [-0.1, -0.05) is 46.3 Å². The van der Waals surface area contributed by atoms with Crippen molar-refractivity contribution in [1.82, 2.24) is 0 Å².